The molecule has 0 saturated carbocycles. The fourth-order valence-electron chi connectivity index (χ4n) is 1.70. The largest absolute Gasteiger partial charge is 0.327 e. The van der Waals surface area contributed by atoms with E-state index < -0.39 is 20.6 Å². The van der Waals surface area contributed by atoms with Gasteiger partial charge in [-0.15, -0.1) is 0 Å². The van der Waals surface area contributed by atoms with E-state index in [1.807, 2.05) is 0 Å². The number of hydrogen-bond acceptors (Lipinski definition) is 4. The van der Waals surface area contributed by atoms with E-state index in [0.29, 0.717) is 5.56 Å². The van der Waals surface area contributed by atoms with Crippen molar-refractivity contribution in [3.63, 3.8) is 0 Å². The third kappa shape index (κ3) is 3.40. The molecule has 0 radical (unpaired) electrons. The average molecular weight is 312 g/mol. The van der Waals surface area contributed by atoms with E-state index in [2.05, 4.69) is 5.32 Å². The second-order valence-electron chi connectivity index (χ2n) is 4.28. The fourth-order valence-corrected chi connectivity index (χ4v) is 2.80. The number of carbonyl (C=O) groups is 1. The van der Waals surface area contributed by atoms with Gasteiger partial charge in [-0.25, -0.2) is 8.42 Å². The molecule has 0 aliphatic carbocycles. The maximum absolute atomic E-state index is 12.3. The third-order valence-corrected chi connectivity index (χ3v) is 4.50. The normalized spacial score (nSPS) is 11.5. The van der Waals surface area contributed by atoms with E-state index in [1.165, 1.54) is 12.1 Å². The number of sulfone groups is 1. The lowest BCUT2D eigenvalue weighted by Crippen LogP contribution is -2.19. The van der Waals surface area contributed by atoms with Gasteiger partial charge in [0.2, 0.25) is 9.84 Å². The smallest absolute Gasteiger partial charge is 0.255 e. The number of nitriles is 1. The number of hydrogen-bond donors (Lipinski definition) is 1. The Bertz CT molecular complexity index is 836. The van der Waals surface area contributed by atoms with Gasteiger partial charge in [0, 0.05) is 11.8 Å². The van der Waals surface area contributed by atoms with Gasteiger partial charge in [0.05, 0.1) is 4.90 Å². The predicted octanol–water partition coefficient (Wildman–Crippen LogP) is 2.26. The van der Waals surface area contributed by atoms with Crippen molar-refractivity contribution < 1.29 is 13.2 Å². The molecule has 0 aromatic heterocycles. The standard InChI is InChI=1S/C16H12N2O3S/c17-11-15(22(20,21)14-9-5-2-6-10-14)12-18-16(19)13-7-3-1-4-8-13/h1-10,12H,(H,18,19). The van der Waals surface area contributed by atoms with Gasteiger partial charge in [-0.05, 0) is 24.3 Å². The fraction of sp³-hybridized carbons (Fsp3) is 0. The highest BCUT2D eigenvalue weighted by molar-refractivity contribution is 7.95. The van der Waals surface area contributed by atoms with Crippen molar-refractivity contribution >= 4 is 15.7 Å². The van der Waals surface area contributed by atoms with E-state index >= 15 is 0 Å². The Balaban J connectivity index is 2.26. The van der Waals surface area contributed by atoms with Crippen LogP contribution in [-0.4, -0.2) is 14.3 Å². The van der Waals surface area contributed by atoms with Crippen LogP contribution >= 0.6 is 0 Å². The zero-order valence-corrected chi connectivity index (χ0v) is 12.2. The number of benzene rings is 2. The molecule has 1 N–H and O–H groups in total. The summed E-state index contributed by atoms with van der Waals surface area (Å²) in [7, 11) is -3.94. The highest BCUT2D eigenvalue weighted by atomic mass is 32.2. The first-order valence-electron chi connectivity index (χ1n) is 6.32. The lowest BCUT2D eigenvalue weighted by atomic mass is 10.2. The van der Waals surface area contributed by atoms with Gasteiger partial charge < -0.3 is 5.32 Å². The summed E-state index contributed by atoms with van der Waals surface area (Å²) in [6.45, 7) is 0. The van der Waals surface area contributed by atoms with Gasteiger partial charge in [0.1, 0.15) is 6.07 Å². The second kappa shape index (κ2) is 6.70. The van der Waals surface area contributed by atoms with Crippen LogP contribution in [0.15, 0.2) is 76.7 Å². The zero-order chi connectivity index (χ0) is 16.0. The van der Waals surface area contributed by atoms with E-state index in [-0.39, 0.29) is 4.90 Å². The number of rotatable bonds is 4. The Morgan fingerprint density at radius 1 is 1.00 bits per heavy atom. The van der Waals surface area contributed by atoms with Crippen LogP contribution in [0.1, 0.15) is 10.4 Å². The molecule has 0 heterocycles. The Morgan fingerprint density at radius 2 is 1.55 bits per heavy atom. The predicted molar refractivity (Wildman–Crippen MR) is 81.2 cm³/mol. The van der Waals surface area contributed by atoms with Gasteiger partial charge in [0.25, 0.3) is 5.91 Å². The van der Waals surface area contributed by atoms with Crippen molar-refractivity contribution in [1.29, 1.82) is 5.26 Å². The molecule has 0 atom stereocenters. The number of nitrogens with zero attached hydrogens (tertiary/aromatic N) is 1. The van der Waals surface area contributed by atoms with Crippen LogP contribution in [0.3, 0.4) is 0 Å². The zero-order valence-electron chi connectivity index (χ0n) is 11.4. The van der Waals surface area contributed by atoms with Gasteiger partial charge in [0.15, 0.2) is 4.91 Å². The van der Waals surface area contributed by atoms with Crippen molar-refractivity contribution in [3.05, 3.63) is 77.3 Å². The van der Waals surface area contributed by atoms with Crippen molar-refractivity contribution in [1.82, 2.24) is 5.32 Å². The van der Waals surface area contributed by atoms with Crippen molar-refractivity contribution in [3.8, 4) is 6.07 Å². The van der Waals surface area contributed by atoms with E-state index in [9.17, 15) is 13.2 Å². The Hall–Kier alpha value is -2.91. The third-order valence-electron chi connectivity index (χ3n) is 2.82. The van der Waals surface area contributed by atoms with Crippen LogP contribution in [0.25, 0.3) is 0 Å². The maximum atomic E-state index is 12.3. The molecule has 1 amide bonds. The lowest BCUT2D eigenvalue weighted by molar-refractivity contribution is 0.0970. The van der Waals surface area contributed by atoms with Crippen molar-refractivity contribution in [2.24, 2.45) is 0 Å². The Labute approximate surface area is 128 Å². The first kappa shape index (κ1) is 15.5. The molecule has 22 heavy (non-hydrogen) atoms. The molecule has 5 nitrogen and oxygen atoms in total. The molecule has 0 spiro atoms. The number of amides is 1. The monoisotopic (exact) mass is 312 g/mol. The second-order valence-corrected chi connectivity index (χ2v) is 6.19. The molecule has 2 aromatic carbocycles. The summed E-state index contributed by atoms with van der Waals surface area (Å²) in [4.78, 5) is 11.3. The molecule has 0 aliphatic heterocycles. The van der Waals surface area contributed by atoms with Gasteiger partial charge in [-0.1, -0.05) is 36.4 Å². The first-order chi connectivity index (χ1) is 10.6. The maximum Gasteiger partial charge on any atom is 0.255 e. The minimum Gasteiger partial charge on any atom is -0.327 e. The molecule has 0 saturated heterocycles. The summed E-state index contributed by atoms with van der Waals surface area (Å²) in [6.07, 6.45) is 0.914. The summed E-state index contributed by atoms with van der Waals surface area (Å²) < 4.78 is 24.5. The van der Waals surface area contributed by atoms with Gasteiger partial charge in [-0.2, -0.15) is 5.26 Å². The van der Waals surface area contributed by atoms with Crippen LogP contribution in [0.2, 0.25) is 0 Å². The Kier molecular flexibility index (Phi) is 4.71. The molecule has 0 unspecified atom stereocenters. The molecule has 2 aromatic rings. The highest BCUT2D eigenvalue weighted by Crippen LogP contribution is 2.17. The van der Waals surface area contributed by atoms with E-state index in [4.69, 9.17) is 5.26 Å². The first-order valence-corrected chi connectivity index (χ1v) is 7.80. The van der Waals surface area contributed by atoms with Crippen molar-refractivity contribution in [2.75, 3.05) is 0 Å². The highest BCUT2D eigenvalue weighted by Gasteiger charge is 2.20. The van der Waals surface area contributed by atoms with Crippen LogP contribution < -0.4 is 5.32 Å². The summed E-state index contributed by atoms with van der Waals surface area (Å²) in [5, 5.41) is 11.4. The van der Waals surface area contributed by atoms with E-state index in [1.54, 1.807) is 54.6 Å². The van der Waals surface area contributed by atoms with Crippen LogP contribution in [0, 0.1) is 11.3 Å². The molecular formula is C16H12N2O3S. The Morgan fingerprint density at radius 3 is 2.09 bits per heavy atom. The SMILES string of the molecule is N#CC(=CNC(=O)c1ccccc1)S(=O)(=O)c1ccccc1. The molecule has 0 aliphatic rings. The number of carbonyl (C=O) groups excluding carboxylic acids is 1. The molecule has 2 rings (SSSR count). The van der Waals surface area contributed by atoms with Gasteiger partial charge >= 0.3 is 0 Å². The van der Waals surface area contributed by atoms with Crippen LogP contribution in [0.5, 0.6) is 0 Å². The average Bonchev–Trinajstić information content (AvgIpc) is 2.56. The minimum atomic E-state index is -3.94. The summed E-state index contributed by atoms with van der Waals surface area (Å²) in [5.41, 5.74) is 0.369. The number of nitrogens with one attached hydrogen (secondary N) is 1. The molecular weight excluding hydrogens is 300 g/mol. The molecule has 0 fully saturated rings. The quantitative estimate of drug-likeness (QED) is 0.877. The van der Waals surface area contributed by atoms with Gasteiger partial charge in [-0.3, -0.25) is 4.79 Å². The summed E-state index contributed by atoms with van der Waals surface area (Å²) in [5.74, 6) is -0.489. The van der Waals surface area contributed by atoms with E-state index in [0.717, 1.165) is 6.20 Å². The molecule has 110 valence electrons. The summed E-state index contributed by atoms with van der Waals surface area (Å²) >= 11 is 0. The molecule has 6 heteroatoms. The lowest BCUT2D eigenvalue weighted by Gasteiger charge is -2.04. The number of allylic oxidation sites excluding steroid dienone is 1. The van der Waals surface area contributed by atoms with Crippen molar-refractivity contribution in [2.45, 2.75) is 4.90 Å². The minimum absolute atomic E-state index is 0.00300. The van der Waals surface area contributed by atoms with Crippen LogP contribution in [-0.2, 0) is 9.84 Å². The van der Waals surface area contributed by atoms with Crippen LogP contribution in [0.4, 0.5) is 0 Å². The topological polar surface area (TPSA) is 87.0 Å². The summed E-state index contributed by atoms with van der Waals surface area (Å²) in [6, 6.07) is 17.5. The molecule has 0 bridgehead atoms.